The molecule has 6 heteroatoms. The Kier molecular flexibility index (Phi) is 3.43. The standard InChI is InChI=1S/C11H11N3O2S/c1-7-10(16)13-11(17-7)14-12-6-8-2-4-9(15)5-3-8/h2-7,15H,1H3,(H,13,14,16)/b12-6-/t7-/m1/s1. The number of thioether (sulfide) groups is 1. The average Bonchev–Trinajstić information content (AvgIpc) is 2.61. The first kappa shape index (κ1) is 11.7. The van der Waals surface area contributed by atoms with Gasteiger partial charge in [-0.05, 0) is 36.8 Å². The van der Waals surface area contributed by atoms with Gasteiger partial charge in [0.05, 0.1) is 11.5 Å². The maximum absolute atomic E-state index is 11.2. The Morgan fingerprint density at radius 2 is 2.12 bits per heavy atom. The van der Waals surface area contributed by atoms with Gasteiger partial charge in [0.2, 0.25) is 5.91 Å². The first-order chi connectivity index (χ1) is 8.15. The van der Waals surface area contributed by atoms with Crippen molar-refractivity contribution in [3.63, 3.8) is 0 Å². The molecule has 1 amide bonds. The highest BCUT2D eigenvalue weighted by Crippen LogP contribution is 2.18. The lowest BCUT2D eigenvalue weighted by Gasteiger charge is -1.92. The fourth-order valence-electron chi connectivity index (χ4n) is 1.21. The van der Waals surface area contributed by atoms with Crippen LogP contribution in [0, 0.1) is 0 Å². The van der Waals surface area contributed by atoms with Crippen LogP contribution in [-0.2, 0) is 4.79 Å². The van der Waals surface area contributed by atoms with Crippen molar-refractivity contribution in [2.45, 2.75) is 12.2 Å². The summed E-state index contributed by atoms with van der Waals surface area (Å²) in [4.78, 5) is 11.2. The van der Waals surface area contributed by atoms with Crippen LogP contribution in [-0.4, -0.2) is 27.6 Å². The van der Waals surface area contributed by atoms with Crippen molar-refractivity contribution in [2.24, 2.45) is 10.2 Å². The second-order valence-corrected chi connectivity index (χ2v) is 4.82. The van der Waals surface area contributed by atoms with E-state index in [1.165, 1.54) is 11.8 Å². The number of amides is 1. The van der Waals surface area contributed by atoms with E-state index in [0.29, 0.717) is 5.17 Å². The van der Waals surface area contributed by atoms with Gasteiger partial charge < -0.3 is 10.4 Å². The summed E-state index contributed by atoms with van der Waals surface area (Å²) in [6.45, 7) is 1.81. The van der Waals surface area contributed by atoms with Gasteiger partial charge in [-0.3, -0.25) is 4.79 Å². The van der Waals surface area contributed by atoms with Crippen molar-refractivity contribution in [1.29, 1.82) is 0 Å². The van der Waals surface area contributed by atoms with Crippen LogP contribution in [0.4, 0.5) is 0 Å². The number of carbonyl (C=O) groups excluding carboxylic acids is 1. The number of carbonyl (C=O) groups is 1. The van der Waals surface area contributed by atoms with E-state index in [-0.39, 0.29) is 16.9 Å². The third-order valence-corrected chi connectivity index (χ3v) is 3.11. The number of hydrogen-bond donors (Lipinski definition) is 2. The summed E-state index contributed by atoms with van der Waals surface area (Å²) in [6, 6.07) is 6.59. The molecule has 0 bridgehead atoms. The van der Waals surface area contributed by atoms with Gasteiger partial charge >= 0.3 is 0 Å². The lowest BCUT2D eigenvalue weighted by Crippen LogP contribution is -2.23. The fourth-order valence-corrected chi connectivity index (χ4v) is 1.97. The molecule has 0 aromatic heterocycles. The van der Waals surface area contributed by atoms with E-state index < -0.39 is 0 Å². The minimum absolute atomic E-state index is 0.0476. The lowest BCUT2D eigenvalue weighted by molar-refractivity contribution is -0.118. The first-order valence-corrected chi connectivity index (χ1v) is 5.91. The summed E-state index contributed by atoms with van der Waals surface area (Å²) >= 11 is 1.35. The largest absolute Gasteiger partial charge is 0.508 e. The monoisotopic (exact) mass is 249 g/mol. The molecule has 5 nitrogen and oxygen atoms in total. The summed E-state index contributed by atoms with van der Waals surface area (Å²) in [5.74, 6) is 0.162. The highest BCUT2D eigenvalue weighted by Gasteiger charge is 2.25. The third-order valence-electron chi connectivity index (χ3n) is 2.14. The van der Waals surface area contributed by atoms with Gasteiger partial charge in [-0.15, -0.1) is 5.10 Å². The highest BCUT2D eigenvalue weighted by atomic mass is 32.2. The van der Waals surface area contributed by atoms with Gasteiger partial charge in [0, 0.05) is 0 Å². The summed E-state index contributed by atoms with van der Waals surface area (Å²) in [7, 11) is 0. The Balaban J connectivity index is 2.00. The fraction of sp³-hybridized carbons (Fsp3) is 0.182. The van der Waals surface area contributed by atoms with E-state index in [9.17, 15) is 4.79 Å². The van der Waals surface area contributed by atoms with E-state index in [1.807, 2.05) is 6.92 Å². The van der Waals surface area contributed by atoms with Crippen LogP contribution in [0.5, 0.6) is 5.75 Å². The van der Waals surface area contributed by atoms with Gasteiger partial charge in [0.25, 0.3) is 0 Å². The molecule has 1 saturated heterocycles. The van der Waals surface area contributed by atoms with Crippen molar-refractivity contribution >= 4 is 29.1 Å². The number of hydrogen-bond acceptors (Lipinski definition) is 5. The topological polar surface area (TPSA) is 74.1 Å². The molecule has 1 aromatic rings. The number of phenolic OH excluding ortho intramolecular Hbond substituents is 1. The number of nitrogens with one attached hydrogen (secondary N) is 1. The number of benzene rings is 1. The lowest BCUT2D eigenvalue weighted by atomic mass is 10.2. The summed E-state index contributed by atoms with van der Waals surface area (Å²) in [6.07, 6.45) is 1.56. The molecule has 1 fully saturated rings. The summed E-state index contributed by atoms with van der Waals surface area (Å²) < 4.78 is 0. The Bertz CT molecular complexity index is 482. The molecule has 0 aliphatic carbocycles. The molecular weight excluding hydrogens is 238 g/mol. The van der Waals surface area contributed by atoms with Crippen molar-refractivity contribution in [3.05, 3.63) is 29.8 Å². The van der Waals surface area contributed by atoms with Crippen LogP contribution >= 0.6 is 11.8 Å². The van der Waals surface area contributed by atoms with Gasteiger partial charge in [-0.1, -0.05) is 11.8 Å². The number of nitrogens with zero attached hydrogens (tertiary/aromatic N) is 2. The quantitative estimate of drug-likeness (QED) is 0.613. The molecule has 1 aliphatic heterocycles. The van der Waals surface area contributed by atoms with Crippen LogP contribution in [0.1, 0.15) is 12.5 Å². The molecule has 88 valence electrons. The molecule has 0 spiro atoms. The minimum atomic E-state index is -0.113. The maximum Gasteiger partial charge on any atom is 0.239 e. The molecule has 17 heavy (non-hydrogen) atoms. The second-order valence-electron chi connectivity index (χ2n) is 3.49. The smallest absolute Gasteiger partial charge is 0.239 e. The molecule has 2 N–H and O–H groups in total. The zero-order valence-corrected chi connectivity index (χ0v) is 9.94. The minimum Gasteiger partial charge on any atom is -0.508 e. The van der Waals surface area contributed by atoms with Crippen molar-refractivity contribution in [1.82, 2.24) is 5.32 Å². The van der Waals surface area contributed by atoms with E-state index in [1.54, 1.807) is 30.5 Å². The number of rotatable bonds is 2. The number of phenols is 1. The summed E-state index contributed by atoms with van der Waals surface area (Å²) in [5, 5.41) is 19.9. The first-order valence-electron chi connectivity index (χ1n) is 5.03. The zero-order chi connectivity index (χ0) is 12.3. The molecule has 1 atom stereocenters. The third kappa shape index (κ3) is 3.07. The van der Waals surface area contributed by atoms with Crippen molar-refractivity contribution in [3.8, 4) is 5.75 Å². The van der Waals surface area contributed by atoms with Gasteiger partial charge in [0.1, 0.15) is 5.75 Å². The molecule has 0 unspecified atom stereocenters. The van der Waals surface area contributed by atoms with Crippen LogP contribution in [0.15, 0.2) is 34.5 Å². The van der Waals surface area contributed by atoms with Crippen LogP contribution in [0.3, 0.4) is 0 Å². The Morgan fingerprint density at radius 1 is 1.41 bits per heavy atom. The zero-order valence-electron chi connectivity index (χ0n) is 9.12. The molecule has 1 aromatic carbocycles. The SMILES string of the molecule is C[C@H]1S/C(=N/N=C\c2ccc(O)cc2)NC1=O. The van der Waals surface area contributed by atoms with E-state index in [4.69, 9.17) is 5.11 Å². The maximum atomic E-state index is 11.2. The molecule has 1 heterocycles. The number of amidine groups is 1. The summed E-state index contributed by atoms with van der Waals surface area (Å²) in [5.41, 5.74) is 0.828. The highest BCUT2D eigenvalue weighted by molar-refractivity contribution is 8.15. The molecular formula is C11H11N3O2S. The second kappa shape index (κ2) is 5.01. The Hall–Kier alpha value is -1.82. The van der Waals surface area contributed by atoms with E-state index in [0.717, 1.165) is 5.56 Å². The van der Waals surface area contributed by atoms with E-state index >= 15 is 0 Å². The number of aromatic hydroxyl groups is 1. The molecule has 0 saturated carbocycles. The van der Waals surface area contributed by atoms with Gasteiger partial charge in [-0.2, -0.15) is 5.10 Å². The molecule has 0 radical (unpaired) electrons. The average molecular weight is 249 g/mol. The van der Waals surface area contributed by atoms with Crippen LogP contribution in [0.25, 0.3) is 0 Å². The van der Waals surface area contributed by atoms with Crippen molar-refractivity contribution < 1.29 is 9.90 Å². The van der Waals surface area contributed by atoms with Crippen LogP contribution < -0.4 is 5.32 Å². The normalized spacial score (nSPS) is 22.3. The van der Waals surface area contributed by atoms with E-state index in [2.05, 4.69) is 15.5 Å². The predicted octanol–water partition coefficient (Wildman–Crippen LogP) is 1.33. The Morgan fingerprint density at radius 3 is 2.71 bits per heavy atom. The Labute approximate surface area is 103 Å². The molecule has 2 rings (SSSR count). The van der Waals surface area contributed by atoms with Crippen LogP contribution in [0.2, 0.25) is 0 Å². The van der Waals surface area contributed by atoms with Crippen molar-refractivity contribution in [2.75, 3.05) is 0 Å². The van der Waals surface area contributed by atoms with Gasteiger partial charge in [0.15, 0.2) is 5.17 Å². The van der Waals surface area contributed by atoms with Gasteiger partial charge in [-0.25, -0.2) is 0 Å². The predicted molar refractivity (Wildman–Crippen MR) is 68.3 cm³/mol. The molecule has 1 aliphatic rings.